The van der Waals surface area contributed by atoms with E-state index in [9.17, 15) is 4.79 Å². The zero-order chi connectivity index (χ0) is 14.5. The van der Waals surface area contributed by atoms with Gasteiger partial charge in [-0.05, 0) is 48.1 Å². The van der Waals surface area contributed by atoms with Crippen molar-refractivity contribution in [3.63, 3.8) is 0 Å². The largest absolute Gasteiger partial charge is 0.489 e. The average molecular weight is 280 g/mol. The van der Waals surface area contributed by atoms with Gasteiger partial charge >= 0.3 is 0 Å². The third kappa shape index (κ3) is 3.72. The van der Waals surface area contributed by atoms with E-state index in [1.54, 1.807) is 0 Å². The van der Waals surface area contributed by atoms with E-state index in [0.717, 1.165) is 36.1 Å². The number of hydrogen-bond donors (Lipinski definition) is 0. The molecule has 3 rings (SSSR count). The molecule has 0 unspecified atom stereocenters. The van der Waals surface area contributed by atoms with Gasteiger partial charge in [0.2, 0.25) is 0 Å². The van der Waals surface area contributed by atoms with Gasteiger partial charge in [-0.1, -0.05) is 36.4 Å². The second kappa shape index (κ2) is 6.57. The van der Waals surface area contributed by atoms with Crippen LogP contribution in [0.4, 0.5) is 0 Å². The molecule has 21 heavy (non-hydrogen) atoms. The van der Waals surface area contributed by atoms with E-state index in [1.165, 1.54) is 5.56 Å². The third-order valence-electron chi connectivity index (χ3n) is 3.97. The molecule has 0 atom stereocenters. The van der Waals surface area contributed by atoms with E-state index in [4.69, 9.17) is 4.74 Å². The van der Waals surface area contributed by atoms with Crippen LogP contribution in [-0.2, 0) is 24.2 Å². The summed E-state index contributed by atoms with van der Waals surface area (Å²) in [5.74, 6) is 1.20. The molecular formula is C19H20O2. The first-order chi connectivity index (χ1) is 10.3. The highest BCUT2D eigenvalue weighted by atomic mass is 16.5. The van der Waals surface area contributed by atoms with Crippen LogP contribution in [0.2, 0.25) is 0 Å². The predicted molar refractivity (Wildman–Crippen MR) is 83.5 cm³/mol. The fourth-order valence-electron chi connectivity index (χ4n) is 2.78. The van der Waals surface area contributed by atoms with Gasteiger partial charge in [-0.15, -0.1) is 0 Å². The number of rotatable bonds is 3. The van der Waals surface area contributed by atoms with Crippen molar-refractivity contribution in [3.05, 3.63) is 65.2 Å². The molecule has 2 aromatic carbocycles. The van der Waals surface area contributed by atoms with Crippen molar-refractivity contribution in [2.24, 2.45) is 0 Å². The van der Waals surface area contributed by atoms with Crippen LogP contribution < -0.4 is 4.74 Å². The van der Waals surface area contributed by atoms with E-state index in [0.29, 0.717) is 25.2 Å². The topological polar surface area (TPSA) is 26.3 Å². The summed E-state index contributed by atoms with van der Waals surface area (Å²) in [5, 5.41) is 0. The fraction of sp³-hybridized carbons (Fsp3) is 0.316. The summed E-state index contributed by atoms with van der Waals surface area (Å²) in [6.45, 7) is 0.563. The number of carbonyl (C=O) groups is 1. The maximum atomic E-state index is 11.8. The Balaban J connectivity index is 1.73. The molecule has 2 aromatic rings. The Morgan fingerprint density at radius 1 is 0.905 bits per heavy atom. The molecule has 0 saturated carbocycles. The molecule has 0 N–H and O–H groups in total. The molecule has 0 amide bonds. The van der Waals surface area contributed by atoms with Crippen molar-refractivity contribution in [2.45, 2.75) is 38.7 Å². The summed E-state index contributed by atoms with van der Waals surface area (Å²) in [5.41, 5.74) is 3.60. The van der Waals surface area contributed by atoms with Gasteiger partial charge in [0.1, 0.15) is 18.1 Å². The Hall–Kier alpha value is -2.09. The first-order valence-electron chi connectivity index (χ1n) is 7.61. The Morgan fingerprint density at radius 2 is 1.71 bits per heavy atom. The molecule has 0 radical (unpaired) electrons. The molecular weight excluding hydrogens is 260 g/mol. The van der Waals surface area contributed by atoms with E-state index in [1.807, 2.05) is 30.3 Å². The lowest BCUT2D eigenvalue weighted by atomic mass is 9.92. The van der Waals surface area contributed by atoms with Crippen LogP contribution in [0, 0.1) is 0 Å². The highest BCUT2D eigenvalue weighted by Gasteiger charge is 2.13. The number of Topliss-reactive ketones (excluding diaryl/α,β-unsaturated/α-hetero) is 1. The van der Waals surface area contributed by atoms with Crippen molar-refractivity contribution >= 4 is 5.78 Å². The van der Waals surface area contributed by atoms with Crippen molar-refractivity contribution in [1.29, 1.82) is 0 Å². The quantitative estimate of drug-likeness (QED) is 0.846. The molecule has 0 aliphatic heterocycles. The molecule has 0 bridgehead atoms. The number of benzene rings is 2. The standard InChI is InChI=1S/C19H20O2/c20-18-9-5-4-8-16-10-11-19(13-17(16)12-18)21-14-15-6-2-1-3-7-15/h1-3,6-7,10-11,13H,4-5,8-9,12,14H2. The van der Waals surface area contributed by atoms with E-state index in [-0.39, 0.29) is 0 Å². The number of aryl methyl sites for hydroxylation is 1. The van der Waals surface area contributed by atoms with Gasteiger partial charge in [0.15, 0.2) is 0 Å². The van der Waals surface area contributed by atoms with Crippen LogP contribution in [0.3, 0.4) is 0 Å². The van der Waals surface area contributed by atoms with Crippen molar-refractivity contribution < 1.29 is 9.53 Å². The van der Waals surface area contributed by atoms with Crippen molar-refractivity contribution in [2.75, 3.05) is 0 Å². The minimum absolute atomic E-state index is 0.344. The zero-order valence-corrected chi connectivity index (χ0v) is 12.2. The van der Waals surface area contributed by atoms with Gasteiger partial charge in [-0.2, -0.15) is 0 Å². The lowest BCUT2D eigenvalue weighted by Crippen LogP contribution is -2.09. The molecule has 0 aromatic heterocycles. The minimum Gasteiger partial charge on any atom is -0.489 e. The van der Waals surface area contributed by atoms with Gasteiger partial charge in [0.05, 0.1) is 0 Å². The molecule has 0 saturated heterocycles. The fourth-order valence-corrected chi connectivity index (χ4v) is 2.78. The number of ether oxygens (including phenoxy) is 1. The van der Waals surface area contributed by atoms with Crippen LogP contribution in [0.25, 0.3) is 0 Å². The number of fused-ring (bicyclic) bond motifs is 1. The Bertz CT molecular complexity index is 617. The van der Waals surface area contributed by atoms with Crippen LogP contribution >= 0.6 is 0 Å². The molecule has 0 fully saturated rings. The van der Waals surface area contributed by atoms with Crippen LogP contribution in [0.5, 0.6) is 5.75 Å². The predicted octanol–water partition coefficient (Wildman–Crippen LogP) is 4.10. The van der Waals surface area contributed by atoms with Gasteiger partial charge in [0, 0.05) is 12.8 Å². The van der Waals surface area contributed by atoms with E-state index < -0.39 is 0 Å². The highest BCUT2D eigenvalue weighted by molar-refractivity contribution is 5.81. The van der Waals surface area contributed by atoms with E-state index >= 15 is 0 Å². The lowest BCUT2D eigenvalue weighted by molar-refractivity contribution is -0.118. The van der Waals surface area contributed by atoms with Crippen molar-refractivity contribution in [1.82, 2.24) is 0 Å². The molecule has 2 heteroatoms. The summed E-state index contributed by atoms with van der Waals surface area (Å²) in [6.07, 6.45) is 4.46. The van der Waals surface area contributed by atoms with Crippen LogP contribution in [0.15, 0.2) is 48.5 Å². The summed E-state index contributed by atoms with van der Waals surface area (Å²) in [4.78, 5) is 11.8. The lowest BCUT2D eigenvalue weighted by Gasteiger charge is -2.15. The monoisotopic (exact) mass is 280 g/mol. The SMILES string of the molecule is O=C1CCCCc2ccc(OCc3ccccc3)cc2C1. The smallest absolute Gasteiger partial charge is 0.137 e. The van der Waals surface area contributed by atoms with Gasteiger partial charge < -0.3 is 4.74 Å². The molecule has 0 spiro atoms. The zero-order valence-electron chi connectivity index (χ0n) is 12.2. The second-order valence-corrected chi connectivity index (χ2v) is 5.63. The summed E-state index contributed by atoms with van der Waals surface area (Å²) < 4.78 is 5.85. The Morgan fingerprint density at radius 3 is 2.57 bits per heavy atom. The number of hydrogen-bond acceptors (Lipinski definition) is 2. The van der Waals surface area contributed by atoms with Crippen LogP contribution in [-0.4, -0.2) is 5.78 Å². The average Bonchev–Trinajstić information content (AvgIpc) is 2.50. The normalized spacial score (nSPS) is 15.0. The molecule has 1 aliphatic carbocycles. The molecule has 108 valence electrons. The Kier molecular flexibility index (Phi) is 4.34. The van der Waals surface area contributed by atoms with Crippen molar-refractivity contribution in [3.8, 4) is 5.75 Å². The first kappa shape index (κ1) is 13.9. The minimum atomic E-state index is 0.344. The van der Waals surface area contributed by atoms with Crippen LogP contribution in [0.1, 0.15) is 36.0 Å². The van der Waals surface area contributed by atoms with E-state index in [2.05, 4.69) is 18.2 Å². The third-order valence-corrected chi connectivity index (χ3v) is 3.97. The molecule has 2 nitrogen and oxygen atoms in total. The maximum absolute atomic E-state index is 11.8. The summed E-state index contributed by atoms with van der Waals surface area (Å²) >= 11 is 0. The molecule has 0 heterocycles. The maximum Gasteiger partial charge on any atom is 0.137 e. The molecule has 1 aliphatic rings. The highest BCUT2D eigenvalue weighted by Crippen LogP contribution is 2.24. The van der Waals surface area contributed by atoms with Gasteiger partial charge in [-0.3, -0.25) is 4.79 Å². The first-order valence-corrected chi connectivity index (χ1v) is 7.61. The summed E-state index contributed by atoms with van der Waals surface area (Å²) in [6, 6.07) is 16.3. The Labute approximate surface area is 125 Å². The summed E-state index contributed by atoms with van der Waals surface area (Å²) in [7, 11) is 0. The van der Waals surface area contributed by atoms with Gasteiger partial charge in [0.25, 0.3) is 0 Å². The number of ketones is 1. The second-order valence-electron chi connectivity index (χ2n) is 5.63. The number of carbonyl (C=O) groups excluding carboxylic acids is 1. The van der Waals surface area contributed by atoms with Gasteiger partial charge in [-0.25, -0.2) is 0 Å².